The Bertz CT molecular complexity index is 1420. The van der Waals surface area contributed by atoms with Crippen molar-refractivity contribution in [2.75, 3.05) is 4.90 Å². The fourth-order valence-corrected chi connectivity index (χ4v) is 5.20. The molecule has 5 rings (SSSR count). The van der Waals surface area contributed by atoms with Gasteiger partial charge in [0.25, 0.3) is 5.91 Å². The second-order valence-electron chi connectivity index (χ2n) is 8.32. The molecule has 168 valence electrons. The third-order valence-electron chi connectivity index (χ3n) is 5.82. The van der Waals surface area contributed by atoms with Crippen LogP contribution in [0.15, 0.2) is 101 Å². The first-order chi connectivity index (χ1) is 16.5. The first-order valence-corrected chi connectivity index (χ1v) is 12.0. The van der Waals surface area contributed by atoms with Crippen LogP contribution in [0.3, 0.4) is 0 Å². The maximum absolute atomic E-state index is 13.6. The summed E-state index contributed by atoms with van der Waals surface area (Å²) < 4.78 is 2.23. The minimum atomic E-state index is -0.0637. The van der Waals surface area contributed by atoms with Crippen molar-refractivity contribution < 1.29 is 4.79 Å². The van der Waals surface area contributed by atoms with Crippen LogP contribution in [0.1, 0.15) is 22.5 Å². The fourth-order valence-electron chi connectivity index (χ4n) is 4.21. The highest BCUT2D eigenvalue weighted by atomic mass is 32.2. The van der Waals surface area contributed by atoms with Crippen LogP contribution in [-0.4, -0.2) is 15.6 Å². The molecule has 0 saturated carbocycles. The Kier molecular flexibility index (Phi) is 5.95. The van der Waals surface area contributed by atoms with Gasteiger partial charge in [-0.3, -0.25) is 9.69 Å². The highest BCUT2D eigenvalue weighted by Gasteiger charge is 2.35. The number of aromatic nitrogens is 1. The molecular weight excluding hydrogens is 438 g/mol. The van der Waals surface area contributed by atoms with Crippen molar-refractivity contribution in [2.45, 2.75) is 20.8 Å². The summed E-state index contributed by atoms with van der Waals surface area (Å²) in [4.78, 5) is 20.7. The summed E-state index contributed by atoms with van der Waals surface area (Å²) in [7, 11) is 0. The molecule has 5 heteroatoms. The number of hydrogen-bond acceptors (Lipinski definition) is 3. The molecule has 4 aromatic rings. The van der Waals surface area contributed by atoms with Crippen LogP contribution in [0.5, 0.6) is 0 Å². The van der Waals surface area contributed by atoms with E-state index in [9.17, 15) is 4.79 Å². The molecule has 0 atom stereocenters. The smallest absolute Gasteiger partial charge is 0.271 e. The number of carbonyl (C=O) groups excluding carboxylic acids is 1. The van der Waals surface area contributed by atoms with Gasteiger partial charge in [-0.1, -0.05) is 48.5 Å². The number of carbonyl (C=O) groups is 1. The van der Waals surface area contributed by atoms with Crippen LogP contribution in [-0.2, 0) is 4.79 Å². The van der Waals surface area contributed by atoms with Crippen molar-refractivity contribution in [1.29, 1.82) is 0 Å². The van der Waals surface area contributed by atoms with Crippen molar-refractivity contribution in [1.82, 2.24) is 4.57 Å². The van der Waals surface area contributed by atoms with E-state index in [-0.39, 0.29) is 5.91 Å². The van der Waals surface area contributed by atoms with Crippen molar-refractivity contribution in [3.8, 4) is 5.69 Å². The number of thioether (sulfide) groups is 1. The summed E-state index contributed by atoms with van der Waals surface area (Å²) in [5.74, 6) is -0.0637. The third-order valence-corrected chi connectivity index (χ3v) is 6.79. The second-order valence-corrected chi connectivity index (χ2v) is 9.33. The highest BCUT2D eigenvalue weighted by molar-refractivity contribution is 8.19. The zero-order chi connectivity index (χ0) is 23.7. The molecule has 1 saturated heterocycles. The van der Waals surface area contributed by atoms with Gasteiger partial charge in [0.15, 0.2) is 5.17 Å². The monoisotopic (exact) mass is 463 g/mol. The fraction of sp³-hybridized carbons (Fsp3) is 0.103. The molecule has 0 unspecified atom stereocenters. The van der Waals surface area contributed by atoms with E-state index in [1.54, 1.807) is 4.90 Å². The molecule has 1 aromatic heterocycles. The van der Waals surface area contributed by atoms with Crippen LogP contribution in [0.2, 0.25) is 0 Å². The number of aliphatic imine (C=N–C) groups is 1. The van der Waals surface area contributed by atoms with Crippen molar-refractivity contribution in [3.05, 3.63) is 118 Å². The van der Waals surface area contributed by atoms with Gasteiger partial charge in [-0.25, -0.2) is 4.99 Å². The molecule has 3 aromatic carbocycles. The van der Waals surface area contributed by atoms with Crippen LogP contribution >= 0.6 is 11.8 Å². The lowest BCUT2D eigenvalue weighted by Crippen LogP contribution is -2.28. The number of nitrogens with zero attached hydrogens (tertiary/aromatic N) is 3. The van der Waals surface area contributed by atoms with E-state index in [0.29, 0.717) is 10.1 Å². The molecule has 34 heavy (non-hydrogen) atoms. The summed E-state index contributed by atoms with van der Waals surface area (Å²) in [6.07, 6.45) is 1.99. The zero-order valence-corrected chi connectivity index (χ0v) is 20.2. The first-order valence-electron chi connectivity index (χ1n) is 11.2. The topological polar surface area (TPSA) is 37.6 Å². The standard InChI is InChI=1S/C29H25N3OS/c1-20-11-10-16-26(17-20)31-21(2)18-23(22(31)3)19-27-28(33)32(25-14-8-5-9-15-25)29(34-27)30-24-12-6-4-7-13-24/h4-19H,1-3H3/b27-19-,30-29?. The van der Waals surface area contributed by atoms with Gasteiger partial charge >= 0.3 is 0 Å². The van der Waals surface area contributed by atoms with E-state index in [1.165, 1.54) is 17.3 Å². The predicted molar refractivity (Wildman–Crippen MR) is 143 cm³/mol. The average molecular weight is 464 g/mol. The number of para-hydroxylation sites is 2. The van der Waals surface area contributed by atoms with E-state index in [1.807, 2.05) is 66.7 Å². The second kappa shape index (κ2) is 9.20. The number of amidine groups is 1. The van der Waals surface area contributed by atoms with Crippen molar-refractivity contribution >= 4 is 40.3 Å². The minimum absolute atomic E-state index is 0.0637. The van der Waals surface area contributed by atoms with Crippen molar-refractivity contribution in [3.63, 3.8) is 0 Å². The molecule has 0 aliphatic carbocycles. The molecular formula is C29H25N3OS. The predicted octanol–water partition coefficient (Wildman–Crippen LogP) is 7.21. The quantitative estimate of drug-likeness (QED) is 0.300. The Hall–Kier alpha value is -3.83. The van der Waals surface area contributed by atoms with Gasteiger partial charge in [0.05, 0.1) is 16.3 Å². The van der Waals surface area contributed by atoms with E-state index < -0.39 is 0 Å². The molecule has 1 aliphatic rings. The zero-order valence-electron chi connectivity index (χ0n) is 19.4. The minimum Gasteiger partial charge on any atom is -0.318 e. The molecule has 0 N–H and O–H groups in total. The summed E-state index contributed by atoms with van der Waals surface area (Å²) in [5.41, 5.74) is 7.23. The Morgan fingerprint density at radius 2 is 1.47 bits per heavy atom. The SMILES string of the molecule is Cc1cccc(-n2c(C)cc(/C=C3\SC(=Nc4ccccc4)N(c4ccccc4)C3=O)c2C)c1. The maximum Gasteiger partial charge on any atom is 0.271 e. The molecule has 0 radical (unpaired) electrons. The average Bonchev–Trinajstić information content (AvgIpc) is 3.29. The van der Waals surface area contributed by atoms with E-state index in [0.717, 1.165) is 34.0 Å². The van der Waals surface area contributed by atoms with Gasteiger partial charge in [0, 0.05) is 17.1 Å². The van der Waals surface area contributed by atoms with E-state index in [2.05, 4.69) is 55.7 Å². The maximum atomic E-state index is 13.6. The molecule has 4 nitrogen and oxygen atoms in total. The van der Waals surface area contributed by atoms with Crippen LogP contribution < -0.4 is 4.90 Å². The third kappa shape index (κ3) is 4.22. The number of aryl methyl sites for hydroxylation is 2. The summed E-state index contributed by atoms with van der Waals surface area (Å²) in [6, 6.07) is 30.0. The van der Waals surface area contributed by atoms with Gasteiger partial charge < -0.3 is 4.57 Å². The van der Waals surface area contributed by atoms with Crippen LogP contribution in [0.4, 0.5) is 11.4 Å². The Morgan fingerprint density at radius 1 is 0.794 bits per heavy atom. The van der Waals surface area contributed by atoms with Gasteiger partial charge in [-0.05, 0) is 92.2 Å². The molecule has 2 heterocycles. The van der Waals surface area contributed by atoms with Crippen LogP contribution in [0.25, 0.3) is 11.8 Å². The van der Waals surface area contributed by atoms with E-state index >= 15 is 0 Å². The molecule has 0 bridgehead atoms. The molecule has 1 aliphatic heterocycles. The highest BCUT2D eigenvalue weighted by Crippen LogP contribution is 2.38. The normalized spacial score (nSPS) is 16.1. The van der Waals surface area contributed by atoms with Gasteiger partial charge in [0.2, 0.25) is 0 Å². The number of amides is 1. The van der Waals surface area contributed by atoms with Crippen molar-refractivity contribution in [2.24, 2.45) is 4.99 Å². The first kappa shape index (κ1) is 22.0. The van der Waals surface area contributed by atoms with Crippen LogP contribution in [0, 0.1) is 20.8 Å². The Morgan fingerprint density at radius 3 is 2.18 bits per heavy atom. The molecule has 0 spiro atoms. The van der Waals surface area contributed by atoms with Gasteiger partial charge in [-0.2, -0.15) is 0 Å². The summed E-state index contributed by atoms with van der Waals surface area (Å²) in [5, 5.41) is 0.654. The summed E-state index contributed by atoms with van der Waals surface area (Å²) >= 11 is 1.41. The largest absolute Gasteiger partial charge is 0.318 e. The van der Waals surface area contributed by atoms with E-state index in [4.69, 9.17) is 4.99 Å². The lowest BCUT2D eigenvalue weighted by molar-refractivity contribution is -0.113. The number of anilines is 1. The van der Waals surface area contributed by atoms with Gasteiger partial charge in [-0.15, -0.1) is 0 Å². The Labute approximate surface area is 204 Å². The number of benzene rings is 3. The van der Waals surface area contributed by atoms with Gasteiger partial charge in [0.1, 0.15) is 0 Å². The molecule has 1 amide bonds. The number of hydrogen-bond donors (Lipinski definition) is 0. The molecule has 1 fully saturated rings. The summed E-state index contributed by atoms with van der Waals surface area (Å²) in [6.45, 7) is 6.29. The number of rotatable bonds is 4. The lowest BCUT2D eigenvalue weighted by atomic mass is 10.2. The lowest BCUT2D eigenvalue weighted by Gasteiger charge is -2.15. The Balaban J connectivity index is 1.57.